The number of fused-ring (bicyclic) bond motifs is 1. The highest BCUT2D eigenvalue weighted by Crippen LogP contribution is 2.41. The SMILES string of the molecule is Cc1cc2c(cc1Cl)C(=O)CC1(CCN(C(=O)C(C)Oc3ccc(Cl)cc3)CC1)O2. The number of ether oxygens (including phenoxy) is 2. The third-order valence-electron chi connectivity index (χ3n) is 5.83. The molecule has 2 heterocycles. The van der Waals surface area contributed by atoms with Crippen LogP contribution in [0.4, 0.5) is 0 Å². The molecule has 1 fully saturated rings. The molecule has 158 valence electrons. The molecule has 1 amide bonds. The Morgan fingerprint density at radius 2 is 1.83 bits per heavy atom. The van der Waals surface area contributed by atoms with Crippen molar-refractivity contribution in [1.29, 1.82) is 0 Å². The van der Waals surface area contributed by atoms with E-state index >= 15 is 0 Å². The van der Waals surface area contributed by atoms with E-state index in [1.54, 1.807) is 42.2 Å². The maximum Gasteiger partial charge on any atom is 0.263 e. The fourth-order valence-electron chi connectivity index (χ4n) is 4.05. The first kappa shape index (κ1) is 21.0. The molecular weight excluding hydrogens is 425 g/mol. The van der Waals surface area contributed by atoms with Gasteiger partial charge < -0.3 is 14.4 Å². The van der Waals surface area contributed by atoms with Crippen molar-refractivity contribution in [3.05, 3.63) is 57.6 Å². The Balaban J connectivity index is 1.40. The number of nitrogens with zero attached hydrogens (tertiary/aromatic N) is 1. The van der Waals surface area contributed by atoms with Crippen molar-refractivity contribution in [2.75, 3.05) is 13.1 Å². The van der Waals surface area contributed by atoms with E-state index in [2.05, 4.69) is 0 Å². The standard InChI is InChI=1S/C23H23Cl2NO4/c1-14-11-21-18(12-19(14)25)20(27)13-23(30-21)7-9-26(10-8-23)22(28)15(2)29-17-5-3-16(24)4-6-17/h3-6,11-12,15H,7-10,13H2,1-2H3. The molecule has 2 aromatic carbocycles. The minimum atomic E-state index is -0.611. The van der Waals surface area contributed by atoms with E-state index in [9.17, 15) is 9.59 Å². The second-order valence-corrected chi connectivity index (χ2v) is 8.87. The Morgan fingerprint density at radius 1 is 1.17 bits per heavy atom. The minimum absolute atomic E-state index is 0.0392. The number of benzene rings is 2. The summed E-state index contributed by atoms with van der Waals surface area (Å²) in [4.78, 5) is 27.3. The number of Topliss-reactive ketones (excluding diaryl/α,β-unsaturated/α-hetero) is 1. The molecule has 1 atom stereocenters. The van der Waals surface area contributed by atoms with Crippen LogP contribution >= 0.6 is 23.2 Å². The van der Waals surface area contributed by atoms with Crippen LogP contribution in [0.25, 0.3) is 0 Å². The van der Waals surface area contributed by atoms with Crippen LogP contribution in [0.1, 0.15) is 42.1 Å². The van der Waals surface area contributed by atoms with Gasteiger partial charge in [-0.25, -0.2) is 0 Å². The molecule has 0 radical (unpaired) electrons. The van der Waals surface area contributed by atoms with E-state index < -0.39 is 11.7 Å². The molecular formula is C23H23Cl2NO4. The summed E-state index contributed by atoms with van der Waals surface area (Å²) in [7, 11) is 0. The number of aryl methyl sites for hydroxylation is 1. The number of ketones is 1. The number of hydrogen-bond acceptors (Lipinski definition) is 4. The molecule has 0 aromatic heterocycles. The largest absolute Gasteiger partial charge is 0.486 e. The van der Waals surface area contributed by atoms with Crippen molar-refractivity contribution >= 4 is 34.9 Å². The molecule has 0 saturated carbocycles. The number of likely N-dealkylation sites (tertiary alicyclic amines) is 1. The molecule has 1 saturated heterocycles. The lowest BCUT2D eigenvalue weighted by molar-refractivity contribution is -0.141. The van der Waals surface area contributed by atoms with Crippen molar-refractivity contribution in [2.45, 2.75) is 44.8 Å². The molecule has 4 rings (SSSR count). The monoisotopic (exact) mass is 447 g/mol. The zero-order chi connectivity index (χ0) is 21.5. The van der Waals surface area contributed by atoms with Gasteiger partial charge in [-0.2, -0.15) is 0 Å². The zero-order valence-electron chi connectivity index (χ0n) is 16.9. The van der Waals surface area contributed by atoms with Crippen molar-refractivity contribution < 1.29 is 19.1 Å². The molecule has 2 aliphatic rings. The average molecular weight is 448 g/mol. The van der Waals surface area contributed by atoms with Crippen molar-refractivity contribution in [3.63, 3.8) is 0 Å². The number of carbonyl (C=O) groups is 2. The normalized spacial score (nSPS) is 18.5. The van der Waals surface area contributed by atoms with Gasteiger partial charge in [0.25, 0.3) is 5.91 Å². The van der Waals surface area contributed by atoms with Gasteiger partial charge in [0.2, 0.25) is 0 Å². The van der Waals surface area contributed by atoms with E-state index in [-0.39, 0.29) is 11.7 Å². The van der Waals surface area contributed by atoms with Crippen LogP contribution in [0.3, 0.4) is 0 Å². The Bertz CT molecular complexity index is 981. The zero-order valence-corrected chi connectivity index (χ0v) is 18.4. The maximum atomic E-state index is 12.8. The van der Waals surface area contributed by atoms with Crippen molar-refractivity contribution in [2.24, 2.45) is 0 Å². The lowest BCUT2D eigenvalue weighted by Crippen LogP contribution is -2.54. The molecule has 5 nitrogen and oxygen atoms in total. The van der Waals surface area contributed by atoms with Gasteiger partial charge in [0.1, 0.15) is 17.1 Å². The van der Waals surface area contributed by atoms with Crippen molar-refractivity contribution in [3.8, 4) is 11.5 Å². The summed E-state index contributed by atoms with van der Waals surface area (Å²) in [5.41, 5.74) is 0.849. The van der Waals surface area contributed by atoms with Crippen LogP contribution < -0.4 is 9.47 Å². The molecule has 2 aromatic rings. The van der Waals surface area contributed by atoms with Gasteiger partial charge in [0.05, 0.1) is 12.0 Å². The van der Waals surface area contributed by atoms with Gasteiger partial charge in [-0.3, -0.25) is 9.59 Å². The summed E-state index contributed by atoms with van der Waals surface area (Å²) in [6, 6.07) is 10.5. The molecule has 0 aliphatic carbocycles. The Kier molecular flexibility index (Phi) is 5.69. The highest BCUT2D eigenvalue weighted by atomic mass is 35.5. The van der Waals surface area contributed by atoms with Gasteiger partial charge in [-0.05, 0) is 55.8 Å². The number of hydrogen-bond donors (Lipinski definition) is 0. The average Bonchev–Trinajstić information content (AvgIpc) is 2.71. The molecule has 1 spiro atoms. The van der Waals surface area contributed by atoms with Gasteiger partial charge >= 0.3 is 0 Å². The van der Waals surface area contributed by atoms with Crippen LogP contribution in [-0.4, -0.2) is 41.4 Å². The van der Waals surface area contributed by atoms with Gasteiger partial charge in [0, 0.05) is 36.0 Å². The summed E-state index contributed by atoms with van der Waals surface area (Å²) >= 11 is 12.1. The van der Waals surface area contributed by atoms with Crippen molar-refractivity contribution in [1.82, 2.24) is 4.90 Å². The molecule has 0 bridgehead atoms. The van der Waals surface area contributed by atoms with Gasteiger partial charge in [0.15, 0.2) is 11.9 Å². The topological polar surface area (TPSA) is 55.8 Å². The fraction of sp³-hybridized carbons (Fsp3) is 0.391. The van der Waals surface area contributed by atoms with E-state index in [1.165, 1.54) is 0 Å². The third-order valence-corrected chi connectivity index (χ3v) is 6.49. The minimum Gasteiger partial charge on any atom is -0.486 e. The summed E-state index contributed by atoms with van der Waals surface area (Å²) in [6.07, 6.45) is 0.885. The first-order valence-electron chi connectivity index (χ1n) is 10.00. The maximum absolute atomic E-state index is 12.8. The van der Waals surface area contributed by atoms with Crippen LogP contribution in [0.5, 0.6) is 11.5 Å². The summed E-state index contributed by atoms with van der Waals surface area (Å²) in [5, 5.41) is 1.18. The van der Waals surface area contributed by atoms with Gasteiger partial charge in [-0.1, -0.05) is 23.2 Å². The summed E-state index contributed by atoms with van der Waals surface area (Å²) < 4.78 is 12.1. The lowest BCUT2D eigenvalue weighted by Gasteiger charge is -2.44. The predicted octanol–water partition coefficient (Wildman–Crippen LogP) is 5.10. The second-order valence-electron chi connectivity index (χ2n) is 8.02. The molecule has 30 heavy (non-hydrogen) atoms. The quantitative estimate of drug-likeness (QED) is 0.656. The number of piperidine rings is 1. The van der Waals surface area contributed by atoms with E-state index in [0.29, 0.717) is 59.5 Å². The van der Waals surface area contributed by atoms with Crippen LogP contribution in [0.2, 0.25) is 10.0 Å². The molecule has 1 unspecified atom stereocenters. The Labute approximate surface area is 185 Å². The van der Waals surface area contributed by atoms with E-state index in [4.69, 9.17) is 32.7 Å². The second kappa shape index (κ2) is 8.12. The summed E-state index contributed by atoms with van der Waals surface area (Å²) in [6.45, 7) is 4.66. The van der Waals surface area contributed by atoms with E-state index in [0.717, 1.165) is 5.56 Å². The third kappa shape index (κ3) is 4.14. The number of halogens is 2. The number of rotatable bonds is 3. The first-order valence-corrected chi connectivity index (χ1v) is 10.8. The highest BCUT2D eigenvalue weighted by molar-refractivity contribution is 6.32. The predicted molar refractivity (Wildman–Crippen MR) is 116 cm³/mol. The Hall–Kier alpha value is -2.24. The summed E-state index contributed by atoms with van der Waals surface area (Å²) in [5.74, 6) is 1.15. The fourth-order valence-corrected chi connectivity index (χ4v) is 4.34. The first-order chi connectivity index (χ1) is 14.3. The lowest BCUT2D eigenvalue weighted by atomic mass is 9.82. The van der Waals surface area contributed by atoms with E-state index in [1.807, 2.05) is 13.0 Å². The molecule has 7 heteroatoms. The van der Waals surface area contributed by atoms with Gasteiger partial charge in [-0.15, -0.1) is 0 Å². The highest BCUT2D eigenvalue weighted by Gasteiger charge is 2.44. The number of carbonyl (C=O) groups excluding carboxylic acids is 2. The molecule has 2 aliphatic heterocycles. The van der Waals surface area contributed by atoms with Crippen LogP contribution in [-0.2, 0) is 4.79 Å². The van der Waals surface area contributed by atoms with Crippen LogP contribution in [0.15, 0.2) is 36.4 Å². The Morgan fingerprint density at radius 3 is 2.50 bits per heavy atom. The molecule has 0 N–H and O–H groups in total. The van der Waals surface area contributed by atoms with Crippen LogP contribution in [0, 0.1) is 6.92 Å². The smallest absolute Gasteiger partial charge is 0.263 e. The number of amides is 1.